The van der Waals surface area contributed by atoms with Crippen molar-refractivity contribution < 1.29 is 9.90 Å². The number of allylic oxidation sites excluding steroid dienone is 1. The second-order valence-corrected chi connectivity index (χ2v) is 6.18. The fraction of sp³-hybridized carbons (Fsp3) is 0.550. The van der Waals surface area contributed by atoms with Gasteiger partial charge in [0.05, 0.1) is 5.92 Å². The van der Waals surface area contributed by atoms with Crippen LogP contribution in [0.5, 0.6) is 0 Å². The zero-order chi connectivity index (χ0) is 16.2. The number of aryl methyl sites for hydroxylation is 1. The van der Waals surface area contributed by atoms with Crippen LogP contribution in [0.1, 0.15) is 57.9 Å². The van der Waals surface area contributed by atoms with Gasteiger partial charge in [-0.25, -0.2) is 0 Å². The average molecular weight is 302 g/mol. The van der Waals surface area contributed by atoms with E-state index in [-0.39, 0.29) is 5.92 Å². The molecule has 0 amide bonds. The van der Waals surface area contributed by atoms with Gasteiger partial charge < -0.3 is 5.11 Å². The zero-order valence-electron chi connectivity index (χ0n) is 14.0. The highest BCUT2D eigenvalue weighted by molar-refractivity contribution is 5.72. The first kappa shape index (κ1) is 18.5. The average Bonchev–Trinajstić information content (AvgIpc) is 2.52. The van der Waals surface area contributed by atoms with E-state index in [1.807, 2.05) is 12.1 Å². The normalized spacial score (nSPS) is 14.1. The van der Waals surface area contributed by atoms with Gasteiger partial charge in [0.2, 0.25) is 0 Å². The minimum absolute atomic E-state index is 0.323. The van der Waals surface area contributed by atoms with Crippen LogP contribution in [0.3, 0.4) is 0 Å². The summed E-state index contributed by atoms with van der Waals surface area (Å²) in [6, 6.07) is 10.4. The van der Waals surface area contributed by atoms with E-state index in [2.05, 4.69) is 44.2 Å². The Morgan fingerprint density at radius 1 is 1.09 bits per heavy atom. The van der Waals surface area contributed by atoms with Gasteiger partial charge in [0.25, 0.3) is 0 Å². The van der Waals surface area contributed by atoms with E-state index >= 15 is 0 Å². The van der Waals surface area contributed by atoms with Crippen molar-refractivity contribution in [1.29, 1.82) is 0 Å². The predicted molar refractivity (Wildman–Crippen MR) is 93.0 cm³/mol. The summed E-state index contributed by atoms with van der Waals surface area (Å²) < 4.78 is 0. The Bertz CT molecular complexity index is 436. The van der Waals surface area contributed by atoms with Gasteiger partial charge in [-0.05, 0) is 30.7 Å². The number of carboxylic acid groups (broad SMARTS) is 1. The third-order valence-electron chi connectivity index (χ3n) is 4.09. The second-order valence-electron chi connectivity index (χ2n) is 6.18. The number of carbonyl (C=O) groups is 1. The molecule has 1 N–H and O–H groups in total. The van der Waals surface area contributed by atoms with Crippen LogP contribution in [0, 0.1) is 11.8 Å². The van der Waals surface area contributed by atoms with Gasteiger partial charge in [0, 0.05) is 0 Å². The Morgan fingerprint density at radius 3 is 2.45 bits per heavy atom. The maximum Gasteiger partial charge on any atom is 0.310 e. The van der Waals surface area contributed by atoms with Crippen molar-refractivity contribution in [2.45, 2.75) is 58.8 Å². The third kappa shape index (κ3) is 8.02. The molecule has 0 bridgehead atoms. The van der Waals surface area contributed by atoms with Crippen molar-refractivity contribution in [3.63, 3.8) is 0 Å². The van der Waals surface area contributed by atoms with Gasteiger partial charge in [-0.3, -0.25) is 4.79 Å². The predicted octanol–water partition coefficient (Wildman–Crippen LogP) is 5.48. The van der Waals surface area contributed by atoms with E-state index in [4.69, 9.17) is 0 Å². The number of hydrogen-bond donors (Lipinski definition) is 1. The molecule has 0 radical (unpaired) electrons. The molecule has 1 aromatic rings. The molecule has 22 heavy (non-hydrogen) atoms. The maximum atomic E-state index is 11.3. The lowest BCUT2D eigenvalue weighted by Crippen LogP contribution is -2.11. The molecule has 2 unspecified atom stereocenters. The minimum Gasteiger partial charge on any atom is -0.481 e. The smallest absolute Gasteiger partial charge is 0.310 e. The quantitative estimate of drug-likeness (QED) is 0.434. The molecule has 1 aromatic carbocycles. The SMILES string of the molecule is CCCCCCC(/C=C/C(C)CCc1ccccc1)C(=O)O. The Kier molecular flexibility index (Phi) is 9.29. The Hall–Kier alpha value is -1.57. The van der Waals surface area contributed by atoms with Crippen LogP contribution < -0.4 is 0 Å². The van der Waals surface area contributed by atoms with Crippen molar-refractivity contribution in [2.24, 2.45) is 11.8 Å². The molecule has 0 aliphatic rings. The molecule has 2 nitrogen and oxygen atoms in total. The van der Waals surface area contributed by atoms with Crippen molar-refractivity contribution in [3.05, 3.63) is 48.0 Å². The molecule has 122 valence electrons. The Balaban J connectivity index is 2.36. The van der Waals surface area contributed by atoms with Gasteiger partial charge >= 0.3 is 5.97 Å². The number of unbranched alkanes of at least 4 members (excludes halogenated alkanes) is 3. The van der Waals surface area contributed by atoms with E-state index in [1.54, 1.807) is 0 Å². The van der Waals surface area contributed by atoms with Crippen molar-refractivity contribution in [3.8, 4) is 0 Å². The highest BCUT2D eigenvalue weighted by atomic mass is 16.4. The summed E-state index contributed by atoms with van der Waals surface area (Å²) in [7, 11) is 0. The summed E-state index contributed by atoms with van der Waals surface area (Å²) in [4.78, 5) is 11.3. The molecule has 1 rings (SSSR count). The zero-order valence-corrected chi connectivity index (χ0v) is 14.0. The van der Waals surface area contributed by atoms with Crippen LogP contribution in [0.4, 0.5) is 0 Å². The molecule has 0 spiro atoms. The van der Waals surface area contributed by atoms with Crippen LogP contribution in [-0.2, 0) is 11.2 Å². The molecule has 2 heteroatoms. The summed E-state index contributed by atoms with van der Waals surface area (Å²) in [5, 5.41) is 9.30. The van der Waals surface area contributed by atoms with E-state index < -0.39 is 5.97 Å². The van der Waals surface area contributed by atoms with Crippen LogP contribution in [0.15, 0.2) is 42.5 Å². The largest absolute Gasteiger partial charge is 0.481 e. The minimum atomic E-state index is -0.692. The molecule has 0 saturated heterocycles. The fourth-order valence-electron chi connectivity index (χ4n) is 2.55. The molecule has 0 aromatic heterocycles. The first-order valence-electron chi connectivity index (χ1n) is 8.58. The maximum absolute atomic E-state index is 11.3. The number of hydrogen-bond acceptors (Lipinski definition) is 1. The van der Waals surface area contributed by atoms with Gasteiger partial charge in [-0.15, -0.1) is 0 Å². The number of carboxylic acids is 1. The van der Waals surface area contributed by atoms with Crippen molar-refractivity contribution in [2.75, 3.05) is 0 Å². The van der Waals surface area contributed by atoms with E-state index in [0.717, 1.165) is 32.1 Å². The lowest BCUT2D eigenvalue weighted by molar-refractivity contribution is -0.140. The summed E-state index contributed by atoms with van der Waals surface area (Å²) in [6.07, 6.45) is 11.4. The van der Waals surface area contributed by atoms with E-state index in [0.29, 0.717) is 5.92 Å². The van der Waals surface area contributed by atoms with Crippen LogP contribution in [0.2, 0.25) is 0 Å². The summed E-state index contributed by atoms with van der Waals surface area (Å²) in [5.41, 5.74) is 1.34. The molecular weight excluding hydrogens is 272 g/mol. The van der Waals surface area contributed by atoms with Crippen LogP contribution in [0.25, 0.3) is 0 Å². The van der Waals surface area contributed by atoms with Gasteiger partial charge in [0.1, 0.15) is 0 Å². The molecule has 0 heterocycles. The topological polar surface area (TPSA) is 37.3 Å². The first-order valence-corrected chi connectivity index (χ1v) is 8.58. The first-order chi connectivity index (χ1) is 10.6. The molecule has 0 saturated carbocycles. The van der Waals surface area contributed by atoms with Crippen LogP contribution >= 0.6 is 0 Å². The van der Waals surface area contributed by atoms with Gasteiger partial charge in [0.15, 0.2) is 0 Å². The van der Waals surface area contributed by atoms with Crippen LogP contribution in [-0.4, -0.2) is 11.1 Å². The number of rotatable bonds is 11. The summed E-state index contributed by atoms with van der Waals surface area (Å²) in [6.45, 7) is 4.33. The van der Waals surface area contributed by atoms with E-state index in [1.165, 1.54) is 18.4 Å². The second kappa shape index (κ2) is 11.1. The number of aliphatic carboxylic acids is 1. The van der Waals surface area contributed by atoms with Crippen molar-refractivity contribution >= 4 is 5.97 Å². The van der Waals surface area contributed by atoms with E-state index in [9.17, 15) is 9.90 Å². The molecule has 0 aliphatic heterocycles. The van der Waals surface area contributed by atoms with Crippen molar-refractivity contribution in [1.82, 2.24) is 0 Å². The summed E-state index contributed by atoms with van der Waals surface area (Å²) in [5.74, 6) is -0.600. The van der Waals surface area contributed by atoms with Gasteiger partial charge in [-0.1, -0.05) is 82.0 Å². The molecule has 0 aliphatic carbocycles. The lowest BCUT2D eigenvalue weighted by atomic mass is 9.96. The molecule has 2 atom stereocenters. The standard InChI is InChI=1S/C20H30O2/c1-3-4-5-9-12-19(20(21)22)16-14-17(2)13-15-18-10-7-6-8-11-18/h6-8,10-11,14,16-17,19H,3-5,9,12-13,15H2,1-2H3,(H,21,22)/b16-14+. The fourth-order valence-corrected chi connectivity index (χ4v) is 2.55. The monoisotopic (exact) mass is 302 g/mol. The van der Waals surface area contributed by atoms with Gasteiger partial charge in [-0.2, -0.15) is 0 Å². The molecule has 0 fully saturated rings. The molecular formula is C20H30O2. The lowest BCUT2D eigenvalue weighted by Gasteiger charge is -2.10. The highest BCUT2D eigenvalue weighted by Crippen LogP contribution is 2.16. The Labute approximate surface area is 135 Å². The third-order valence-corrected chi connectivity index (χ3v) is 4.09. The highest BCUT2D eigenvalue weighted by Gasteiger charge is 2.13. The number of benzene rings is 1. The summed E-state index contributed by atoms with van der Waals surface area (Å²) >= 11 is 0. The Morgan fingerprint density at radius 2 is 1.82 bits per heavy atom.